The summed E-state index contributed by atoms with van der Waals surface area (Å²) in [6.45, 7) is 2.01. The number of halogens is 1. The number of benzene rings is 2. The van der Waals surface area contributed by atoms with Crippen molar-refractivity contribution in [2.45, 2.75) is 25.8 Å². The minimum Gasteiger partial charge on any atom is -0.313 e. The van der Waals surface area contributed by atoms with Crippen molar-refractivity contribution in [3.63, 3.8) is 0 Å². The largest absolute Gasteiger partial charge is 0.313 e. The summed E-state index contributed by atoms with van der Waals surface area (Å²) in [6, 6.07) is 19.1. The van der Waals surface area contributed by atoms with E-state index in [0.29, 0.717) is 0 Å². The second-order valence-electron chi connectivity index (χ2n) is 4.71. The zero-order valence-corrected chi connectivity index (χ0v) is 12.7. The monoisotopic (exact) mass is 317 g/mol. The van der Waals surface area contributed by atoms with Crippen LogP contribution in [0.5, 0.6) is 0 Å². The van der Waals surface area contributed by atoms with Crippen molar-refractivity contribution in [2.75, 3.05) is 6.54 Å². The van der Waals surface area contributed by atoms with E-state index in [1.165, 1.54) is 34.9 Å². The molecule has 1 N–H and O–H groups in total. The van der Waals surface area contributed by atoms with Crippen LogP contribution in [0.25, 0.3) is 0 Å². The number of nitrogens with one attached hydrogen (secondary N) is 1. The van der Waals surface area contributed by atoms with E-state index in [9.17, 15) is 0 Å². The van der Waals surface area contributed by atoms with E-state index >= 15 is 0 Å². The fourth-order valence-electron chi connectivity index (χ4n) is 2.09. The quantitative estimate of drug-likeness (QED) is 0.738. The highest BCUT2D eigenvalue weighted by Gasteiger charge is 1.97. The fraction of sp³-hybridized carbons (Fsp3) is 0.294. The highest BCUT2D eigenvalue weighted by atomic mass is 79.9. The Balaban J connectivity index is 1.59. The molecule has 2 aromatic rings. The minimum absolute atomic E-state index is 0.937. The Hall–Kier alpha value is -1.12. The Morgan fingerprint density at radius 2 is 1.58 bits per heavy atom. The molecule has 2 aromatic carbocycles. The molecule has 0 aliphatic carbocycles. The van der Waals surface area contributed by atoms with Crippen molar-refractivity contribution < 1.29 is 0 Å². The maximum atomic E-state index is 3.57. The van der Waals surface area contributed by atoms with Crippen LogP contribution in [0.3, 0.4) is 0 Å². The topological polar surface area (TPSA) is 12.0 Å². The molecule has 0 amide bonds. The van der Waals surface area contributed by atoms with Crippen LogP contribution in [-0.2, 0) is 13.0 Å². The molecule has 100 valence electrons. The summed E-state index contributed by atoms with van der Waals surface area (Å²) >= 11 is 3.57. The van der Waals surface area contributed by atoms with Gasteiger partial charge in [-0.3, -0.25) is 0 Å². The minimum atomic E-state index is 0.937. The molecule has 0 unspecified atom stereocenters. The van der Waals surface area contributed by atoms with Crippen LogP contribution in [0.15, 0.2) is 59.1 Å². The summed E-state index contributed by atoms with van der Waals surface area (Å²) in [4.78, 5) is 0. The summed E-state index contributed by atoms with van der Waals surface area (Å²) in [6.07, 6.45) is 3.64. The third kappa shape index (κ3) is 5.17. The van der Waals surface area contributed by atoms with Gasteiger partial charge >= 0.3 is 0 Å². The van der Waals surface area contributed by atoms with Gasteiger partial charge in [-0.1, -0.05) is 64.5 Å². The molecule has 1 nitrogen and oxygen atoms in total. The smallest absolute Gasteiger partial charge is 0.0220 e. The predicted molar refractivity (Wildman–Crippen MR) is 85.2 cm³/mol. The number of hydrogen-bond acceptors (Lipinski definition) is 1. The first-order valence-corrected chi connectivity index (χ1v) is 7.63. The SMILES string of the molecule is Brc1ccccc1CNCCCCc1ccccc1. The number of hydrogen-bond donors (Lipinski definition) is 1. The lowest BCUT2D eigenvalue weighted by atomic mass is 10.1. The summed E-state index contributed by atoms with van der Waals surface area (Å²) in [5.74, 6) is 0. The van der Waals surface area contributed by atoms with Crippen LogP contribution in [0.2, 0.25) is 0 Å². The number of aryl methyl sites for hydroxylation is 1. The van der Waals surface area contributed by atoms with Gasteiger partial charge in [-0.05, 0) is 43.0 Å². The Bertz CT molecular complexity index is 482. The molecule has 0 saturated heterocycles. The Morgan fingerprint density at radius 1 is 0.842 bits per heavy atom. The second-order valence-corrected chi connectivity index (χ2v) is 5.57. The first kappa shape index (κ1) is 14.3. The van der Waals surface area contributed by atoms with Gasteiger partial charge in [-0.15, -0.1) is 0 Å². The Kier molecular flexibility index (Phi) is 6.12. The lowest BCUT2D eigenvalue weighted by Gasteiger charge is -2.06. The lowest BCUT2D eigenvalue weighted by Crippen LogP contribution is -2.15. The molecule has 0 aromatic heterocycles. The van der Waals surface area contributed by atoms with Crippen LogP contribution in [0.4, 0.5) is 0 Å². The molecule has 0 saturated carbocycles. The zero-order chi connectivity index (χ0) is 13.3. The van der Waals surface area contributed by atoms with E-state index in [1.807, 2.05) is 6.07 Å². The number of rotatable bonds is 7. The van der Waals surface area contributed by atoms with Gasteiger partial charge in [0.2, 0.25) is 0 Å². The predicted octanol–water partition coefficient (Wildman–Crippen LogP) is 4.56. The molecule has 0 heterocycles. The van der Waals surface area contributed by atoms with E-state index < -0.39 is 0 Å². The lowest BCUT2D eigenvalue weighted by molar-refractivity contribution is 0.622. The van der Waals surface area contributed by atoms with Crippen LogP contribution in [0, 0.1) is 0 Å². The van der Waals surface area contributed by atoms with Gasteiger partial charge in [-0.25, -0.2) is 0 Å². The molecule has 0 fully saturated rings. The van der Waals surface area contributed by atoms with Crippen molar-refractivity contribution >= 4 is 15.9 Å². The third-order valence-corrected chi connectivity index (χ3v) is 3.96. The van der Waals surface area contributed by atoms with E-state index in [-0.39, 0.29) is 0 Å². The molecule has 0 radical (unpaired) electrons. The molecule has 0 aliphatic rings. The maximum Gasteiger partial charge on any atom is 0.0220 e. The van der Waals surface area contributed by atoms with Crippen LogP contribution >= 0.6 is 15.9 Å². The first-order chi connectivity index (χ1) is 9.36. The van der Waals surface area contributed by atoms with Crippen molar-refractivity contribution in [2.24, 2.45) is 0 Å². The van der Waals surface area contributed by atoms with Gasteiger partial charge < -0.3 is 5.32 Å². The van der Waals surface area contributed by atoms with E-state index in [1.54, 1.807) is 0 Å². The van der Waals surface area contributed by atoms with Gasteiger partial charge in [0.25, 0.3) is 0 Å². The summed E-state index contributed by atoms with van der Waals surface area (Å²) in [5.41, 5.74) is 2.76. The van der Waals surface area contributed by atoms with Crippen molar-refractivity contribution in [3.05, 3.63) is 70.2 Å². The van der Waals surface area contributed by atoms with Gasteiger partial charge in [-0.2, -0.15) is 0 Å². The van der Waals surface area contributed by atoms with Gasteiger partial charge in [0, 0.05) is 11.0 Å². The summed E-state index contributed by atoms with van der Waals surface area (Å²) in [5, 5.41) is 3.50. The third-order valence-electron chi connectivity index (χ3n) is 3.19. The molecule has 2 heteroatoms. The average molecular weight is 318 g/mol. The molecule has 2 rings (SSSR count). The molecule has 0 aliphatic heterocycles. The van der Waals surface area contributed by atoms with Crippen LogP contribution in [0.1, 0.15) is 24.0 Å². The van der Waals surface area contributed by atoms with E-state index in [4.69, 9.17) is 0 Å². The normalized spacial score (nSPS) is 10.6. The molecule has 0 bridgehead atoms. The molecular weight excluding hydrogens is 298 g/mol. The fourth-order valence-corrected chi connectivity index (χ4v) is 2.51. The van der Waals surface area contributed by atoms with E-state index in [0.717, 1.165) is 13.1 Å². The second kappa shape index (κ2) is 8.13. The molecule has 19 heavy (non-hydrogen) atoms. The summed E-state index contributed by atoms with van der Waals surface area (Å²) in [7, 11) is 0. The van der Waals surface area contributed by atoms with Crippen molar-refractivity contribution in [1.29, 1.82) is 0 Å². The van der Waals surface area contributed by atoms with Crippen molar-refractivity contribution in [1.82, 2.24) is 5.32 Å². The molecular formula is C17H20BrN. The zero-order valence-electron chi connectivity index (χ0n) is 11.1. The average Bonchev–Trinajstić information content (AvgIpc) is 2.45. The number of unbranched alkanes of at least 4 members (excludes halogenated alkanes) is 1. The first-order valence-electron chi connectivity index (χ1n) is 6.84. The van der Waals surface area contributed by atoms with Crippen LogP contribution in [-0.4, -0.2) is 6.54 Å². The standard InChI is InChI=1S/C17H20BrN/c18-17-12-5-4-11-16(17)14-19-13-7-6-10-15-8-2-1-3-9-15/h1-5,8-9,11-12,19H,6-7,10,13-14H2. The highest BCUT2D eigenvalue weighted by Crippen LogP contribution is 2.15. The maximum absolute atomic E-state index is 3.57. The molecule has 0 spiro atoms. The van der Waals surface area contributed by atoms with Crippen molar-refractivity contribution in [3.8, 4) is 0 Å². The van der Waals surface area contributed by atoms with Gasteiger partial charge in [0.1, 0.15) is 0 Å². The Labute approximate surface area is 124 Å². The van der Waals surface area contributed by atoms with E-state index in [2.05, 4.69) is 69.8 Å². The Morgan fingerprint density at radius 3 is 2.37 bits per heavy atom. The summed E-state index contributed by atoms with van der Waals surface area (Å²) < 4.78 is 1.19. The molecule has 0 atom stereocenters. The van der Waals surface area contributed by atoms with Gasteiger partial charge in [0.05, 0.1) is 0 Å². The highest BCUT2D eigenvalue weighted by molar-refractivity contribution is 9.10. The van der Waals surface area contributed by atoms with Gasteiger partial charge in [0.15, 0.2) is 0 Å². The van der Waals surface area contributed by atoms with Crippen LogP contribution < -0.4 is 5.32 Å².